The molecule has 0 saturated carbocycles. The fraction of sp³-hybridized carbons (Fsp3) is 0.455. The molecule has 0 fully saturated rings. The highest BCUT2D eigenvalue weighted by atomic mass is 15.0. The molecule has 3 nitrogen and oxygen atoms in total. The Balaban J connectivity index is 1.73. The Morgan fingerprint density at radius 1 is 1.36 bits per heavy atom. The van der Waals surface area contributed by atoms with Gasteiger partial charge in [-0.05, 0) is 25.7 Å². The van der Waals surface area contributed by atoms with Crippen molar-refractivity contribution in [3.63, 3.8) is 0 Å². The summed E-state index contributed by atoms with van der Waals surface area (Å²) in [5.41, 5.74) is 1.58. The molecule has 74 valence electrons. The lowest BCUT2D eigenvalue weighted by atomic mass is 10.2. The molecule has 0 aromatic carbocycles. The Labute approximate surface area is 84.3 Å². The first-order valence-corrected chi connectivity index (χ1v) is 5.13. The fourth-order valence-electron chi connectivity index (χ4n) is 1.71. The highest BCUT2D eigenvalue weighted by Crippen LogP contribution is 2.20. The first-order valence-electron chi connectivity index (χ1n) is 5.13. The van der Waals surface area contributed by atoms with Crippen LogP contribution >= 0.6 is 0 Å². The Morgan fingerprint density at radius 2 is 2.36 bits per heavy atom. The first-order chi connectivity index (χ1) is 6.95. The molecule has 0 atom stereocenters. The van der Waals surface area contributed by atoms with E-state index in [-0.39, 0.29) is 0 Å². The average molecular weight is 189 g/mol. The van der Waals surface area contributed by atoms with E-state index < -0.39 is 0 Å². The van der Waals surface area contributed by atoms with Gasteiger partial charge in [-0.3, -0.25) is 4.98 Å². The molecule has 1 aliphatic rings. The molecule has 3 heteroatoms. The van der Waals surface area contributed by atoms with Crippen LogP contribution in [0.3, 0.4) is 0 Å². The molecule has 0 amide bonds. The average Bonchev–Trinajstić information content (AvgIpc) is 2.72. The van der Waals surface area contributed by atoms with Crippen LogP contribution in [0.5, 0.6) is 0 Å². The number of aromatic nitrogens is 2. The molecule has 14 heavy (non-hydrogen) atoms. The van der Waals surface area contributed by atoms with Gasteiger partial charge in [-0.1, -0.05) is 11.6 Å². The van der Waals surface area contributed by atoms with E-state index in [0.29, 0.717) is 0 Å². The van der Waals surface area contributed by atoms with Crippen molar-refractivity contribution in [1.29, 1.82) is 0 Å². The Kier molecular flexibility index (Phi) is 3.11. The summed E-state index contributed by atoms with van der Waals surface area (Å²) in [6.45, 7) is 0.963. The zero-order chi connectivity index (χ0) is 9.64. The van der Waals surface area contributed by atoms with Crippen molar-refractivity contribution >= 4 is 5.82 Å². The highest BCUT2D eigenvalue weighted by molar-refractivity contribution is 5.30. The maximum absolute atomic E-state index is 4.15. The van der Waals surface area contributed by atoms with Crippen molar-refractivity contribution in [1.82, 2.24) is 9.97 Å². The molecule has 1 N–H and O–H groups in total. The topological polar surface area (TPSA) is 37.8 Å². The molecule has 0 bridgehead atoms. The van der Waals surface area contributed by atoms with Crippen molar-refractivity contribution in [3.8, 4) is 0 Å². The summed E-state index contributed by atoms with van der Waals surface area (Å²) in [5.74, 6) is 0.867. The predicted octanol–water partition coefficient (Wildman–Crippen LogP) is 2.39. The zero-order valence-electron chi connectivity index (χ0n) is 8.24. The van der Waals surface area contributed by atoms with Gasteiger partial charge in [0.2, 0.25) is 0 Å². The summed E-state index contributed by atoms with van der Waals surface area (Å²) >= 11 is 0. The van der Waals surface area contributed by atoms with Gasteiger partial charge in [-0.2, -0.15) is 0 Å². The minimum Gasteiger partial charge on any atom is -0.368 e. The molecule has 0 unspecified atom stereocenters. The summed E-state index contributed by atoms with van der Waals surface area (Å²) in [5, 5.41) is 3.26. The molecule has 0 spiro atoms. The minimum atomic E-state index is 0.867. The fourth-order valence-corrected chi connectivity index (χ4v) is 1.71. The third kappa shape index (κ3) is 2.55. The highest BCUT2D eigenvalue weighted by Gasteiger charge is 2.03. The standard InChI is InChI=1S/C11H15N3/c1-2-4-10(3-1)5-6-13-11-9-12-7-8-14-11/h3,7-9H,1-2,4-6H2,(H,13,14). The van der Waals surface area contributed by atoms with E-state index in [2.05, 4.69) is 21.4 Å². The molecule has 0 aliphatic heterocycles. The minimum absolute atomic E-state index is 0.867. The van der Waals surface area contributed by atoms with Crippen LogP contribution in [0, 0.1) is 0 Å². The van der Waals surface area contributed by atoms with Gasteiger partial charge in [-0.25, -0.2) is 4.98 Å². The largest absolute Gasteiger partial charge is 0.368 e. The number of nitrogens with zero attached hydrogens (tertiary/aromatic N) is 2. The van der Waals surface area contributed by atoms with Crippen LogP contribution in [-0.4, -0.2) is 16.5 Å². The van der Waals surface area contributed by atoms with E-state index in [1.807, 2.05) is 0 Å². The summed E-state index contributed by atoms with van der Waals surface area (Å²) in [6, 6.07) is 0. The second kappa shape index (κ2) is 4.74. The van der Waals surface area contributed by atoms with Gasteiger partial charge in [0, 0.05) is 18.9 Å². The molecule has 1 aliphatic carbocycles. The van der Waals surface area contributed by atoms with E-state index in [0.717, 1.165) is 18.8 Å². The van der Waals surface area contributed by atoms with Gasteiger partial charge >= 0.3 is 0 Å². The molecule has 0 saturated heterocycles. The lowest BCUT2D eigenvalue weighted by Crippen LogP contribution is -2.03. The number of nitrogens with one attached hydrogen (secondary N) is 1. The number of anilines is 1. The smallest absolute Gasteiger partial charge is 0.144 e. The van der Waals surface area contributed by atoms with E-state index >= 15 is 0 Å². The van der Waals surface area contributed by atoms with Gasteiger partial charge in [0.25, 0.3) is 0 Å². The maximum Gasteiger partial charge on any atom is 0.144 e. The Hall–Kier alpha value is -1.38. The molecular formula is C11H15N3. The normalized spacial score (nSPS) is 15.3. The predicted molar refractivity (Wildman–Crippen MR) is 57.1 cm³/mol. The Bertz CT molecular complexity index is 306. The number of hydrogen-bond donors (Lipinski definition) is 1. The van der Waals surface area contributed by atoms with Gasteiger partial charge in [0.05, 0.1) is 6.20 Å². The van der Waals surface area contributed by atoms with Crippen LogP contribution in [0.25, 0.3) is 0 Å². The third-order valence-corrected chi connectivity index (χ3v) is 2.45. The van der Waals surface area contributed by atoms with Gasteiger partial charge in [0.1, 0.15) is 5.82 Å². The maximum atomic E-state index is 4.15. The number of hydrogen-bond acceptors (Lipinski definition) is 3. The molecule has 1 aromatic rings. The van der Waals surface area contributed by atoms with Crippen molar-refractivity contribution in [2.75, 3.05) is 11.9 Å². The van der Waals surface area contributed by atoms with Crippen LogP contribution < -0.4 is 5.32 Å². The molecule has 0 radical (unpaired) electrons. The van der Waals surface area contributed by atoms with Gasteiger partial charge in [-0.15, -0.1) is 0 Å². The monoisotopic (exact) mass is 189 g/mol. The van der Waals surface area contributed by atoms with Crippen molar-refractivity contribution < 1.29 is 0 Å². The summed E-state index contributed by atoms with van der Waals surface area (Å²) in [6.07, 6.45) is 12.5. The van der Waals surface area contributed by atoms with Gasteiger partial charge < -0.3 is 5.32 Å². The van der Waals surface area contributed by atoms with E-state index in [1.54, 1.807) is 24.2 Å². The van der Waals surface area contributed by atoms with Crippen LogP contribution in [0.4, 0.5) is 5.82 Å². The summed E-state index contributed by atoms with van der Waals surface area (Å²) < 4.78 is 0. The number of allylic oxidation sites excluding steroid dienone is 1. The van der Waals surface area contributed by atoms with Crippen molar-refractivity contribution in [2.45, 2.75) is 25.7 Å². The lowest BCUT2D eigenvalue weighted by Gasteiger charge is -2.04. The SMILES string of the molecule is C1=C(CCNc2cnccn2)CCC1. The van der Waals surface area contributed by atoms with Crippen molar-refractivity contribution in [3.05, 3.63) is 30.2 Å². The van der Waals surface area contributed by atoms with Crippen LogP contribution in [0.1, 0.15) is 25.7 Å². The second-order valence-electron chi connectivity index (χ2n) is 3.52. The van der Waals surface area contributed by atoms with Gasteiger partial charge in [0.15, 0.2) is 0 Å². The van der Waals surface area contributed by atoms with E-state index in [1.165, 1.54) is 19.3 Å². The van der Waals surface area contributed by atoms with E-state index in [9.17, 15) is 0 Å². The molecule has 1 heterocycles. The zero-order valence-corrected chi connectivity index (χ0v) is 8.24. The van der Waals surface area contributed by atoms with Crippen molar-refractivity contribution in [2.24, 2.45) is 0 Å². The number of rotatable bonds is 4. The van der Waals surface area contributed by atoms with Crippen LogP contribution in [0.2, 0.25) is 0 Å². The second-order valence-corrected chi connectivity index (χ2v) is 3.52. The van der Waals surface area contributed by atoms with Crippen LogP contribution in [0.15, 0.2) is 30.2 Å². The quantitative estimate of drug-likeness (QED) is 0.739. The third-order valence-electron chi connectivity index (χ3n) is 2.45. The van der Waals surface area contributed by atoms with Crippen LogP contribution in [-0.2, 0) is 0 Å². The lowest BCUT2D eigenvalue weighted by molar-refractivity contribution is 0.861. The summed E-state index contributed by atoms with van der Waals surface area (Å²) in [4.78, 5) is 8.15. The molecule has 1 aromatic heterocycles. The molecule has 2 rings (SSSR count). The Morgan fingerprint density at radius 3 is 3.07 bits per heavy atom. The summed E-state index contributed by atoms with van der Waals surface area (Å²) in [7, 11) is 0. The molecular weight excluding hydrogens is 174 g/mol. The van der Waals surface area contributed by atoms with E-state index in [4.69, 9.17) is 0 Å². The first kappa shape index (κ1) is 9.19.